The van der Waals surface area contributed by atoms with Gasteiger partial charge in [0, 0.05) is 29.9 Å². The molecule has 2 amide bonds. The molecule has 1 aliphatic heterocycles. The summed E-state index contributed by atoms with van der Waals surface area (Å²) in [6.07, 6.45) is 1.89. The van der Waals surface area contributed by atoms with Gasteiger partial charge in [0.25, 0.3) is 0 Å². The Kier molecular flexibility index (Phi) is 7.16. The smallest absolute Gasteiger partial charge is 0.233 e. The highest BCUT2D eigenvalue weighted by Gasteiger charge is 2.25. The molecule has 2 rings (SSSR count). The molecule has 26 heavy (non-hydrogen) atoms. The second-order valence-electron chi connectivity index (χ2n) is 8.41. The molecule has 1 aromatic rings. The lowest BCUT2D eigenvalue weighted by atomic mass is 9.87. The molecular formula is C21H32N2O2S. The summed E-state index contributed by atoms with van der Waals surface area (Å²) in [6, 6.07) is 8.57. The van der Waals surface area contributed by atoms with Crippen LogP contribution >= 0.6 is 11.8 Å². The molecular weight excluding hydrogens is 344 g/mol. The summed E-state index contributed by atoms with van der Waals surface area (Å²) >= 11 is 1.58. The first-order valence-corrected chi connectivity index (χ1v) is 10.5. The Bertz CT molecular complexity index is 620. The van der Waals surface area contributed by atoms with E-state index in [1.807, 2.05) is 18.7 Å². The van der Waals surface area contributed by atoms with Crippen molar-refractivity contribution in [3.05, 3.63) is 29.8 Å². The largest absolute Gasteiger partial charge is 0.351 e. The highest BCUT2D eigenvalue weighted by molar-refractivity contribution is 8.00. The number of piperidine rings is 1. The normalized spacial score (nSPS) is 18.1. The number of likely N-dealkylation sites (tertiary alicyclic amines) is 1. The highest BCUT2D eigenvalue weighted by Crippen LogP contribution is 2.26. The van der Waals surface area contributed by atoms with Crippen molar-refractivity contribution in [2.75, 3.05) is 18.8 Å². The van der Waals surface area contributed by atoms with E-state index < -0.39 is 0 Å². The third-order valence-corrected chi connectivity index (χ3v) is 5.72. The van der Waals surface area contributed by atoms with Gasteiger partial charge in [-0.25, -0.2) is 0 Å². The van der Waals surface area contributed by atoms with Crippen LogP contribution in [-0.2, 0) is 15.0 Å². The summed E-state index contributed by atoms with van der Waals surface area (Å²) in [7, 11) is 0. The molecule has 1 heterocycles. The van der Waals surface area contributed by atoms with Crippen LogP contribution in [0.2, 0.25) is 0 Å². The first-order valence-electron chi connectivity index (χ1n) is 9.48. The number of thioether (sulfide) groups is 1. The lowest BCUT2D eigenvalue weighted by Crippen LogP contribution is -2.50. The first-order chi connectivity index (χ1) is 12.2. The third kappa shape index (κ3) is 6.04. The van der Waals surface area contributed by atoms with Crippen molar-refractivity contribution in [2.24, 2.45) is 5.92 Å². The molecule has 144 valence electrons. The molecule has 0 radical (unpaired) electrons. The lowest BCUT2D eigenvalue weighted by Gasteiger charge is -2.33. The molecule has 5 heteroatoms. The fourth-order valence-corrected chi connectivity index (χ4v) is 3.78. The number of benzene rings is 1. The number of carbonyl (C=O) groups is 2. The molecule has 1 aromatic carbocycles. The standard InChI is InChI=1S/C21H32N2O2S/c1-15(2)20(25)22-17-7-6-12-23(13-17)19(24)14-26-18-10-8-16(9-11-18)21(3,4)5/h8-11,15,17H,6-7,12-14H2,1-5H3,(H,22,25). The van der Waals surface area contributed by atoms with Gasteiger partial charge in [-0.1, -0.05) is 46.8 Å². The number of carbonyl (C=O) groups excluding carboxylic acids is 2. The van der Waals surface area contributed by atoms with Crippen molar-refractivity contribution in [1.29, 1.82) is 0 Å². The zero-order chi connectivity index (χ0) is 19.3. The number of nitrogens with zero attached hydrogens (tertiary/aromatic N) is 1. The first kappa shape index (κ1) is 20.8. The molecule has 0 saturated carbocycles. The fourth-order valence-electron chi connectivity index (χ4n) is 2.98. The molecule has 0 spiro atoms. The van der Waals surface area contributed by atoms with Crippen LogP contribution in [0.15, 0.2) is 29.2 Å². The van der Waals surface area contributed by atoms with Gasteiger partial charge in [0.1, 0.15) is 0 Å². The lowest BCUT2D eigenvalue weighted by molar-refractivity contribution is -0.131. The maximum Gasteiger partial charge on any atom is 0.233 e. The highest BCUT2D eigenvalue weighted by atomic mass is 32.2. The predicted octanol–water partition coefficient (Wildman–Crippen LogP) is 3.84. The van der Waals surface area contributed by atoms with E-state index in [0.717, 1.165) is 24.3 Å². The third-order valence-electron chi connectivity index (χ3n) is 4.73. The quantitative estimate of drug-likeness (QED) is 0.795. The van der Waals surface area contributed by atoms with Crippen LogP contribution in [-0.4, -0.2) is 41.6 Å². The Hall–Kier alpha value is -1.49. The minimum atomic E-state index is -0.0206. The van der Waals surface area contributed by atoms with Crippen molar-refractivity contribution in [3.8, 4) is 0 Å². The molecule has 1 fully saturated rings. The maximum absolute atomic E-state index is 12.6. The zero-order valence-electron chi connectivity index (χ0n) is 16.7. The van der Waals surface area contributed by atoms with Crippen LogP contribution in [0.3, 0.4) is 0 Å². The van der Waals surface area contributed by atoms with Gasteiger partial charge in [0.05, 0.1) is 5.75 Å². The van der Waals surface area contributed by atoms with Crippen LogP contribution in [0.1, 0.15) is 53.0 Å². The minimum absolute atomic E-state index is 0.0206. The number of rotatable bonds is 5. The van der Waals surface area contributed by atoms with Crippen LogP contribution in [0.25, 0.3) is 0 Å². The number of nitrogens with one attached hydrogen (secondary N) is 1. The summed E-state index contributed by atoms with van der Waals surface area (Å²) in [5.74, 6) is 0.642. The van der Waals surface area contributed by atoms with Crippen molar-refractivity contribution in [2.45, 2.75) is 63.8 Å². The molecule has 0 aliphatic carbocycles. The fraction of sp³-hybridized carbons (Fsp3) is 0.619. The Balaban J connectivity index is 1.84. The van der Waals surface area contributed by atoms with E-state index in [2.05, 4.69) is 50.4 Å². The van der Waals surface area contributed by atoms with Crippen molar-refractivity contribution in [3.63, 3.8) is 0 Å². The van der Waals surface area contributed by atoms with Crippen molar-refractivity contribution in [1.82, 2.24) is 10.2 Å². The second kappa shape index (κ2) is 8.94. The summed E-state index contributed by atoms with van der Waals surface area (Å²) in [6.45, 7) is 11.8. The van der Waals surface area contributed by atoms with Gasteiger partial charge >= 0.3 is 0 Å². The van der Waals surface area contributed by atoms with Gasteiger partial charge in [-0.05, 0) is 36.0 Å². The minimum Gasteiger partial charge on any atom is -0.351 e. The average Bonchev–Trinajstić information content (AvgIpc) is 2.59. The zero-order valence-corrected chi connectivity index (χ0v) is 17.5. The number of hydrogen-bond donors (Lipinski definition) is 1. The summed E-state index contributed by atoms with van der Waals surface area (Å²) in [5.41, 5.74) is 1.44. The van der Waals surface area contributed by atoms with Crippen molar-refractivity contribution < 1.29 is 9.59 Å². The Labute approximate surface area is 162 Å². The Morgan fingerprint density at radius 3 is 2.46 bits per heavy atom. The van der Waals surface area contributed by atoms with Gasteiger partial charge < -0.3 is 10.2 Å². The van der Waals surface area contributed by atoms with Gasteiger partial charge in [-0.15, -0.1) is 11.8 Å². The van der Waals surface area contributed by atoms with E-state index in [4.69, 9.17) is 0 Å². The Morgan fingerprint density at radius 2 is 1.88 bits per heavy atom. The van der Waals surface area contributed by atoms with E-state index >= 15 is 0 Å². The molecule has 1 aliphatic rings. The molecule has 1 atom stereocenters. The molecule has 4 nitrogen and oxygen atoms in total. The molecule has 0 aromatic heterocycles. The average molecular weight is 377 g/mol. The van der Waals surface area contributed by atoms with Gasteiger partial charge in [-0.3, -0.25) is 9.59 Å². The summed E-state index contributed by atoms with van der Waals surface area (Å²) in [5, 5.41) is 3.06. The van der Waals surface area contributed by atoms with E-state index in [0.29, 0.717) is 12.3 Å². The number of amides is 2. The van der Waals surface area contributed by atoms with Gasteiger partial charge in [0.15, 0.2) is 0 Å². The van der Waals surface area contributed by atoms with Crippen LogP contribution in [0.4, 0.5) is 0 Å². The second-order valence-corrected chi connectivity index (χ2v) is 9.45. The van der Waals surface area contributed by atoms with E-state index in [9.17, 15) is 9.59 Å². The van der Waals surface area contributed by atoms with E-state index in [1.54, 1.807) is 11.8 Å². The molecule has 0 bridgehead atoms. The molecule has 1 N–H and O–H groups in total. The maximum atomic E-state index is 12.6. The Morgan fingerprint density at radius 1 is 1.23 bits per heavy atom. The molecule has 1 unspecified atom stereocenters. The van der Waals surface area contributed by atoms with Gasteiger partial charge in [-0.2, -0.15) is 0 Å². The topological polar surface area (TPSA) is 49.4 Å². The summed E-state index contributed by atoms with van der Waals surface area (Å²) < 4.78 is 0. The number of hydrogen-bond acceptors (Lipinski definition) is 3. The van der Waals surface area contributed by atoms with E-state index in [1.165, 1.54) is 5.56 Å². The van der Waals surface area contributed by atoms with Crippen LogP contribution < -0.4 is 5.32 Å². The summed E-state index contributed by atoms with van der Waals surface area (Å²) in [4.78, 5) is 27.4. The predicted molar refractivity (Wildman–Crippen MR) is 108 cm³/mol. The molecule has 1 saturated heterocycles. The van der Waals surface area contributed by atoms with Crippen LogP contribution in [0.5, 0.6) is 0 Å². The van der Waals surface area contributed by atoms with E-state index in [-0.39, 0.29) is 29.2 Å². The van der Waals surface area contributed by atoms with Crippen LogP contribution in [0, 0.1) is 5.92 Å². The van der Waals surface area contributed by atoms with Crippen molar-refractivity contribution >= 4 is 23.6 Å². The SMILES string of the molecule is CC(C)C(=O)NC1CCCN(C(=O)CSc2ccc(C(C)(C)C)cc2)C1. The van der Waals surface area contributed by atoms with Gasteiger partial charge in [0.2, 0.25) is 11.8 Å². The monoisotopic (exact) mass is 376 g/mol.